The van der Waals surface area contributed by atoms with Crippen molar-refractivity contribution >= 4 is 24.5 Å². The molecule has 0 N–H and O–H groups in total. The van der Waals surface area contributed by atoms with Crippen molar-refractivity contribution in [2.75, 3.05) is 12.9 Å². The molecule has 1 atom stereocenters. The molecule has 61 valence electrons. The van der Waals surface area contributed by atoms with E-state index in [1.54, 1.807) is 6.92 Å². The van der Waals surface area contributed by atoms with Gasteiger partial charge >= 0.3 is 67.6 Å². The molecular weight excluding hydrogens is 166 g/mol. The van der Waals surface area contributed by atoms with Crippen LogP contribution < -0.4 is 0 Å². The summed E-state index contributed by atoms with van der Waals surface area (Å²) in [6.45, 7) is 1.63. The van der Waals surface area contributed by atoms with E-state index >= 15 is 0 Å². The van der Waals surface area contributed by atoms with Crippen LogP contribution in [0.1, 0.15) is 6.92 Å². The van der Waals surface area contributed by atoms with Crippen molar-refractivity contribution in [3.8, 4) is 0 Å². The molecule has 0 aromatic heterocycles. The molecule has 0 saturated carbocycles. The summed E-state index contributed by atoms with van der Waals surface area (Å²) in [6.07, 6.45) is 0.626. The van der Waals surface area contributed by atoms with E-state index in [-0.39, 0.29) is 12.7 Å². The van der Waals surface area contributed by atoms with Gasteiger partial charge in [0.1, 0.15) is 0 Å². The normalized spacial score (nSPS) is 13.5. The van der Waals surface area contributed by atoms with Gasteiger partial charge in [0, 0.05) is 0 Å². The monoisotopic (exact) mass is 175 g/mol. The standard InChI is InChI=1S/C4H9B2O4S/c1-4(10-6-5)3-9-11(2,7)8/h4H,3H2,1-2H3. The number of hydrogen-bond acceptors (Lipinski definition) is 4. The van der Waals surface area contributed by atoms with Gasteiger partial charge in [-0.3, -0.25) is 0 Å². The van der Waals surface area contributed by atoms with Crippen molar-refractivity contribution in [3.05, 3.63) is 0 Å². The Bertz CT molecular complexity index is 212. The SMILES string of the molecule is [B]=BOC(C)COS(C)(=O)=O. The van der Waals surface area contributed by atoms with Gasteiger partial charge in [0.2, 0.25) is 0 Å². The Labute approximate surface area is 68.3 Å². The summed E-state index contributed by atoms with van der Waals surface area (Å²) >= 11 is 0. The van der Waals surface area contributed by atoms with Crippen LogP contribution in [0.2, 0.25) is 0 Å². The predicted octanol–water partition coefficient (Wildman–Crippen LogP) is -0.930. The molecular formula is C4H9B2O4S. The zero-order chi connectivity index (χ0) is 8.91. The van der Waals surface area contributed by atoms with Crippen molar-refractivity contribution in [3.63, 3.8) is 0 Å². The molecule has 4 nitrogen and oxygen atoms in total. The van der Waals surface area contributed by atoms with Crippen molar-refractivity contribution < 1.29 is 17.3 Å². The molecule has 0 aliphatic carbocycles. The molecule has 0 saturated heterocycles. The van der Waals surface area contributed by atoms with E-state index in [1.807, 2.05) is 0 Å². The van der Waals surface area contributed by atoms with E-state index < -0.39 is 10.1 Å². The second kappa shape index (κ2) is 4.66. The number of hydrogen-bond donors (Lipinski definition) is 0. The average Bonchev–Trinajstić information content (AvgIpc) is 1.83. The zero-order valence-corrected chi connectivity index (χ0v) is 7.30. The van der Waals surface area contributed by atoms with Crippen LogP contribution in [0.3, 0.4) is 0 Å². The Hall–Kier alpha value is -0.160. The van der Waals surface area contributed by atoms with Crippen LogP contribution in [0.25, 0.3) is 0 Å². The van der Waals surface area contributed by atoms with Crippen molar-refractivity contribution in [1.82, 2.24) is 0 Å². The fourth-order valence-corrected chi connectivity index (χ4v) is 0.832. The molecule has 0 rings (SSSR count). The van der Waals surface area contributed by atoms with Gasteiger partial charge in [-0.1, -0.05) is 0 Å². The molecule has 1 unspecified atom stereocenters. The van der Waals surface area contributed by atoms with Crippen LogP contribution >= 0.6 is 0 Å². The first-order chi connectivity index (χ1) is 4.95. The van der Waals surface area contributed by atoms with E-state index in [9.17, 15) is 8.42 Å². The van der Waals surface area contributed by atoms with Gasteiger partial charge in [0.05, 0.1) is 0 Å². The van der Waals surface area contributed by atoms with Crippen LogP contribution in [0.15, 0.2) is 0 Å². The van der Waals surface area contributed by atoms with Crippen molar-refractivity contribution in [1.29, 1.82) is 0 Å². The van der Waals surface area contributed by atoms with Crippen LogP contribution in [0.5, 0.6) is 0 Å². The third kappa shape index (κ3) is 7.74. The van der Waals surface area contributed by atoms with Gasteiger partial charge in [-0.15, -0.1) is 0 Å². The predicted molar refractivity (Wildman–Crippen MR) is 42.9 cm³/mol. The molecule has 0 aliphatic heterocycles. The first-order valence-electron chi connectivity index (χ1n) is 2.99. The summed E-state index contributed by atoms with van der Waals surface area (Å²) < 4.78 is 30.0. The zero-order valence-electron chi connectivity index (χ0n) is 6.48. The van der Waals surface area contributed by atoms with E-state index in [0.29, 0.717) is 0 Å². The Kier molecular flexibility index (Phi) is 4.60. The molecule has 0 aliphatic rings. The summed E-state index contributed by atoms with van der Waals surface area (Å²) in [5.74, 6) is 0. The summed E-state index contributed by atoms with van der Waals surface area (Å²) in [5.41, 5.74) is 0. The van der Waals surface area contributed by atoms with E-state index in [1.165, 1.54) is 0 Å². The third-order valence-corrected chi connectivity index (χ3v) is 1.39. The molecule has 0 aromatic rings. The summed E-state index contributed by atoms with van der Waals surface area (Å²) in [6, 6.07) is 0. The van der Waals surface area contributed by atoms with Gasteiger partial charge in [-0.25, -0.2) is 0 Å². The van der Waals surface area contributed by atoms with Crippen LogP contribution in [0.4, 0.5) is 0 Å². The molecule has 0 amide bonds. The van der Waals surface area contributed by atoms with Crippen molar-refractivity contribution in [2.45, 2.75) is 13.0 Å². The molecule has 0 spiro atoms. The van der Waals surface area contributed by atoms with Gasteiger partial charge in [0.15, 0.2) is 0 Å². The molecule has 7 heteroatoms. The molecule has 11 heavy (non-hydrogen) atoms. The molecule has 0 aromatic carbocycles. The average molecular weight is 175 g/mol. The Balaban J connectivity index is 3.62. The van der Waals surface area contributed by atoms with Gasteiger partial charge in [-0.05, 0) is 0 Å². The fourth-order valence-electron chi connectivity index (χ4n) is 0.393. The van der Waals surface area contributed by atoms with Crippen molar-refractivity contribution in [2.24, 2.45) is 0 Å². The van der Waals surface area contributed by atoms with Crippen LogP contribution in [-0.4, -0.2) is 41.8 Å². The quantitative estimate of drug-likeness (QED) is 0.400. The minimum absolute atomic E-state index is 0.0213. The maximum atomic E-state index is 10.4. The fraction of sp³-hybridized carbons (Fsp3) is 1.00. The van der Waals surface area contributed by atoms with Gasteiger partial charge in [-0.2, -0.15) is 0 Å². The first kappa shape index (κ1) is 10.8. The van der Waals surface area contributed by atoms with E-state index in [0.717, 1.165) is 13.3 Å². The second-order valence-corrected chi connectivity index (χ2v) is 3.72. The van der Waals surface area contributed by atoms with Gasteiger partial charge in [0.25, 0.3) is 0 Å². The third-order valence-electron chi connectivity index (χ3n) is 0.828. The molecule has 0 heterocycles. The van der Waals surface area contributed by atoms with Crippen LogP contribution in [-0.2, 0) is 19.0 Å². The summed E-state index contributed by atoms with van der Waals surface area (Å²) in [5, 5.41) is 0. The molecule has 1 radical (unpaired) electrons. The topological polar surface area (TPSA) is 52.6 Å². The second-order valence-electron chi connectivity index (χ2n) is 2.07. The summed E-state index contributed by atoms with van der Waals surface area (Å²) in [4.78, 5) is 0. The Morgan fingerprint density at radius 2 is 2.18 bits per heavy atom. The van der Waals surface area contributed by atoms with Crippen LogP contribution in [0, 0.1) is 0 Å². The first-order valence-corrected chi connectivity index (χ1v) is 4.80. The Morgan fingerprint density at radius 1 is 1.64 bits per heavy atom. The summed E-state index contributed by atoms with van der Waals surface area (Å²) in [7, 11) is 2.54. The van der Waals surface area contributed by atoms with E-state index in [2.05, 4.69) is 4.18 Å². The Morgan fingerprint density at radius 3 is 2.55 bits per heavy atom. The maximum absolute atomic E-state index is 10.4. The van der Waals surface area contributed by atoms with Gasteiger partial charge < -0.3 is 0 Å². The molecule has 0 fully saturated rings. The number of rotatable bonds is 5. The molecule has 0 bridgehead atoms. The minimum atomic E-state index is -3.37. The van der Waals surface area contributed by atoms with E-state index in [4.69, 9.17) is 12.0 Å².